The third-order valence-electron chi connectivity index (χ3n) is 7.02. The van der Waals surface area contributed by atoms with Crippen molar-refractivity contribution in [3.63, 3.8) is 0 Å². The molecule has 0 amide bonds. The van der Waals surface area contributed by atoms with Gasteiger partial charge in [0, 0.05) is 75.8 Å². The van der Waals surface area contributed by atoms with Gasteiger partial charge in [0.1, 0.15) is 17.5 Å². The first-order valence-electron chi connectivity index (χ1n) is 13.7. The number of aromatic nitrogens is 4. The number of fused-ring (bicyclic) bond motifs is 3. The van der Waals surface area contributed by atoms with Crippen molar-refractivity contribution in [2.24, 2.45) is 0 Å². The van der Waals surface area contributed by atoms with Crippen molar-refractivity contribution < 1.29 is 12.6 Å². The van der Waals surface area contributed by atoms with E-state index in [1.54, 1.807) is 56.2 Å². The first kappa shape index (κ1) is 22.5. The summed E-state index contributed by atoms with van der Waals surface area (Å²) in [6.07, 6.45) is 7.54. The van der Waals surface area contributed by atoms with Gasteiger partial charge in [0.15, 0.2) is 0 Å². The van der Waals surface area contributed by atoms with Crippen molar-refractivity contribution in [3.05, 3.63) is 71.8 Å². The van der Waals surface area contributed by atoms with Gasteiger partial charge in [-0.3, -0.25) is 4.90 Å². The summed E-state index contributed by atoms with van der Waals surface area (Å²) in [6, 6.07) is 11.6. The zero-order valence-electron chi connectivity index (χ0n) is 24.0. The first-order chi connectivity index (χ1) is 19.6. The molecule has 3 aliphatic rings. The minimum atomic E-state index is -1.63. The predicted molar refractivity (Wildman–Crippen MR) is 147 cm³/mol. The number of ether oxygens (including phenoxy) is 1. The maximum absolute atomic E-state index is 10.1. The molecule has 0 saturated carbocycles. The molecule has 3 fully saturated rings. The molecule has 0 aliphatic carbocycles. The number of nitrogens with zero attached hydrogens (tertiary/aromatic N) is 7. The molecule has 7 rings (SSSR count). The van der Waals surface area contributed by atoms with Crippen LogP contribution in [0.4, 0.5) is 5.82 Å². The minimum absolute atomic E-state index is 0.0583. The molecule has 1 N–H and O–H groups in total. The monoisotopic (exact) mass is 521 g/mol. The van der Waals surface area contributed by atoms with Gasteiger partial charge < -0.3 is 14.7 Å². The van der Waals surface area contributed by atoms with Crippen molar-refractivity contribution in [1.82, 2.24) is 24.5 Å². The third-order valence-corrected chi connectivity index (χ3v) is 7.02. The molecule has 0 aromatic carbocycles. The zero-order chi connectivity index (χ0) is 28.9. The molecule has 3 saturated heterocycles. The van der Waals surface area contributed by atoms with Crippen LogP contribution in [0.5, 0.6) is 5.88 Å². The van der Waals surface area contributed by atoms with Gasteiger partial charge in [-0.15, -0.1) is 0 Å². The molecular formula is C30H29N7O2. The van der Waals surface area contributed by atoms with Gasteiger partial charge in [-0.05, 0) is 44.0 Å². The number of hydrogen-bond donors (Lipinski definition) is 1. The number of hydrogen-bond acceptors (Lipinski definition) is 8. The van der Waals surface area contributed by atoms with Crippen LogP contribution < -0.4 is 9.64 Å². The molecule has 4 aromatic heterocycles. The second-order valence-electron chi connectivity index (χ2n) is 10.4. The van der Waals surface area contributed by atoms with E-state index in [9.17, 15) is 10.4 Å². The van der Waals surface area contributed by atoms with E-state index in [2.05, 4.69) is 32.9 Å². The van der Waals surface area contributed by atoms with Crippen LogP contribution in [-0.4, -0.2) is 67.5 Å². The summed E-state index contributed by atoms with van der Waals surface area (Å²) < 4.78 is 24.4. The molecule has 4 aromatic rings. The Hall–Kier alpha value is -4.44. The lowest BCUT2D eigenvalue weighted by Gasteiger charge is -2.56. The highest BCUT2D eigenvalue weighted by molar-refractivity contribution is 5.85. The number of piperidine rings is 1. The second kappa shape index (κ2) is 9.70. The molecule has 39 heavy (non-hydrogen) atoms. The molecule has 2 bridgehead atoms. The van der Waals surface area contributed by atoms with E-state index in [1.807, 2.05) is 23.1 Å². The largest absolute Gasteiger partial charge is 0.481 e. The molecule has 3 aliphatic heterocycles. The third kappa shape index (κ3) is 4.90. The van der Waals surface area contributed by atoms with Crippen molar-refractivity contribution in [1.29, 1.82) is 5.26 Å². The van der Waals surface area contributed by atoms with Crippen LogP contribution in [0.25, 0.3) is 16.6 Å². The SMILES string of the molecule is [2H]C([2H])(c1ccc(OC)nc1)N1C2CC1CN(c1ccc(-c3cc(C#CC(C)(C)O)cn4ncc(C#N)c34)cn1)C2. The first-order valence-corrected chi connectivity index (χ1v) is 12.7. The summed E-state index contributed by atoms with van der Waals surface area (Å²) in [4.78, 5) is 13.1. The maximum atomic E-state index is 10.1. The summed E-state index contributed by atoms with van der Waals surface area (Å²) in [5.41, 5.74) is 2.73. The van der Waals surface area contributed by atoms with Crippen LogP contribution in [0.15, 0.2) is 55.1 Å². The number of anilines is 1. The Morgan fingerprint density at radius 2 is 1.97 bits per heavy atom. The molecule has 9 nitrogen and oxygen atoms in total. The van der Waals surface area contributed by atoms with Gasteiger partial charge in [-0.25, -0.2) is 14.5 Å². The molecule has 7 heterocycles. The number of rotatable bonds is 5. The lowest BCUT2D eigenvalue weighted by Crippen LogP contribution is -2.68. The van der Waals surface area contributed by atoms with Crippen LogP contribution >= 0.6 is 0 Å². The topological polar surface area (TPSA) is 103 Å². The average molecular weight is 522 g/mol. The average Bonchev–Trinajstić information content (AvgIpc) is 3.38. The fraction of sp³-hybridized carbons (Fsp3) is 0.333. The van der Waals surface area contributed by atoms with E-state index < -0.39 is 12.1 Å². The van der Waals surface area contributed by atoms with E-state index >= 15 is 0 Å². The van der Waals surface area contributed by atoms with Crippen molar-refractivity contribution in [2.45, 2.75) is 44.4 Å². The highest BCUT2D eigenvalue weighted by Crippen LogP contribution is 2.36. The fourth-order valence-electron chi connectivity index (χ4n) is 5.14. The molecule has 196 valence electrons. The van der Waals surface area contributed by atoms with Gasteiger partial charge in [-0.2, -0.15) is 10.4 Å². The zero-order valence-corrected chi connectivity index (χ0v) is 22.0. The Balaban J connectivity index is 1.24. The van der Waals surface area contributed by atoms with Crippen LogP contribution in [0.1, 0.15) is 39.7 Å². The van der Waals surface area contributed by atoms with Crippen LogP contribution in [-0.2, 0) is 6.50 Å². The highest BCUT2D eigenvalue weighted by Gasteiger charge is 2.44. The van der Waals surface area contributed by atoms with Crippen molar-refractivity contribution in [2.75, 3.05) is 25.1 Å². The Bertz CT molecular complexity index is 1700. The second-order valence-corrected chi connectivity index (χ2v) is 10.4. The standard InChI is InChI=1S/C30H29N7O2/c1-30(2,38)9-8-20-10-26(29-23(12-31)15-34-37(29)17-20)22-5-6-27(32-14-22)35-18-24-11-25(19-35)36(24)16-21-4-7-28(39-3)33-13-21/h4-7,10,13-15,17,24-25,38H,11,16,18-19H2,1-3H3/i16D2. The van der Waals surface area contributed by atoms with Gasteiger partial charge in [-0.1, -0.05) is 17.9 Å². The number of methoxy groups -OCH3 is 1. The Labute approximate surface area is 230 Å². The van der Waals surface area contributed by atoms with Gasteiger partial charge in [0.25, 0.3) is 0 Å². The minimum Gasteiger partial charge on any atom is -0.481 e. The van der Waals surface area contributed by atoms with Gasteiger partial charge >= 0.3 is 0 Å². The van der Waals surface area contributed by atoms with E-state index in [0.29, 0.717) is 41.2 Å². The summed E-state index contributed by atoms with van der Waals surface area (Å²) in [7, 11) is 1.54. The number of piperazine rings is 1. The van der Waals surface area contributed by atoms with E-state index in [1.165, 1.54) is 6.20 Å². The molecule has 0 radical (unpaired) electrons. The maximum Gasteiger partial charge on any atom is 0.212 e. The van der Waals surface area contributed by atoms with Crippen LogP contribution in [0.3, 0.4) is 0 Å². The summed E-state index contributed by atoms with van der Waals surface area (Å²) >= 11 is 0. The quantitative estimate of drug-likeness (QED) is 0.399. The van der Waals surface area contributed by atoms with Crippen LogP contribution in [0, 0.1) is 23.2 Å². The molecule has 9 heteroatoms. The summed E-state index contributed by atoms with van der Waals surface area (Å²) in [5.74, 6) is 7.11. The smallest absolute Gasteiger partial charge is 0.212 e. The molecular weight excluding hydrogens is 490 g/mol. The Kier molecular flexibility index (Phi) is 5.61. The van der Waals surface area contributed by atoms with Gasteiger partial charge in [0.05, 0.1) is 24.4 Å². The molecule has 0 spiro atoms. The van der Waals surface area contributed by atoms with Crippen LogP contribution in [0.2, 0.25) is 0 Å². The van der Waals surface area contributed by atoms with Crippen molar-refractivity contribution in [3.8, 4) is 34.9 Å². The molecule has 2 atom stereocenters. The van der Waals surface area contributed by atoms with E-state index in [4.69, 9.17) is 12.5 Å². The van der Waals surface area contributed by atoms with E-state index in [0.717, 1.165) is 23.4 Å². The van der Waals surface area contributed by atoms with Crippen molar-refractivity contribution >= 4 is 11.3 Å². The van der Waals surface area contributed by atoms with E-state index in [-0.39, 0.29) is 12.1 Å². The van der Waals surface area contributed by atoms with Gasteiger partial charge in [0.2, 0.25) is 5.88 Å². The normalized spacial score (nSPS) is 19.8. The predicted octanol–water partition coefficient (Wildman–Crippen LogP) is 3.26. The number of pyridine rings is 3. The molecule has 2 unspecified atom stereocenters. The number of nitriles is 1. The lowest BCUT2D eigenvalue weighted by molar-refractivity contribution is -0.00876. The summed E-state index contributed by atoms with van der Waals surface area (Å²) in [6.45, 7) is 2.94. The summed E-state index contributed by atoms with van der Waals surface area (Å²) in [5, 5.41) is 24.0. The Morgan fingerprint density at radius 1 is 1.15 bits per heavy atom. The fourth-order valence-corrected chi connectivity index (χ4v) is 5.14. The number of aliphatic hydroxyl groups is 1. The highest BCUT2D eigenvalue weighted by atomic mass is 16.5. The lowest BCUT2D eigenvalue weighted by atomic mass is 9.87. The Morgan fingerprint density at radius 3 is 2.62 bits per heavy atom.